The highest BCUT2D eigenvalue weighted by atomic mass is 32.2. The van der Waals surface area contributed by atoms with Crippen LogP contribution in [0.25, 0.3) is 0 Å². The number of amides is 1. The molecule has 0 aliphatic carbocycles. The second-order valence-corrected chi connectivity index (χ2v) is 7.68. The van der Waals surface area contributed by atoms with Gasteiger partial charge in [-0.1, -0.05) is 26.0 Å². The van der Waals surface area contributed by atoms with Gasteiger partial charge < -0.3 is 5.73 Å². The van der Waals surface area contributed by atoms with E-state index >= 15 is 0 Å². The second-order valence-electron chi connectivity index (χ2n) is 5.81. The lowest BCUT2D eigenvalue weighted by atomic mass is 10.1. The van der Waals surface area contributed by atoms with Crippen LogP contribution in [0.5, 0.6) is 0 Å². The van der Waals surface area contributed by atoms with Gasteiger partial charge >= 0.3 is 0 Å². The van der Waals surface area contributed by atoms with Crippen LogP contribution in [-0.4, -0.2) is 41.5 Å². The normalized spacial score (nSPS) is 11.9. The molecule has 1 amide bonds. The maximum absolute atomic E-state index is 12.8. The average Bonchev–Trinajstić information content (AvgIpc) is 2.83. The number of nitrogens with zero attached hydrogens (tertiary/aromatic N) is 3. The van der Waals surface area contributed by atoms with E-state index in [1.54, 1.807) is 42.8 Å². The van der Waals surface area contributed by atoms with E-state index in [0.717, 1.165) is 5.56 Å². The summed E-state index contributed by atoms with van der Waals surface area (Å²) in [6.07, 6.45) is 0. The van der Waals surface area contributed by atoms with Gasteiger partial charge in [-0.3, -0.25) is 9.48 Å². The van der Waals surface area contributed by atoms with E-state index in [4.69, 9.17) is 5.73 Å². The topological polar surface area (TPSA) is 98.3 Å². The largest absolute Gasteiger partial charge is 0.366 e. The molecule has 0 atom stereocenters. The number of carbonyl (C=O) groups excluding carboxylic acids is 1. The van der Waals surface area contributed by atoms with Crippen molar-refractivity contribution >= 4 is 15.9 Å². The highest BCUT2D eigenvalue weighted by molar-refractivity contribution is 7.89. The molecule has 2 N–H and O–H groups in total. The van der Waals surface area contributed by atoms with Gasteiger partial charge in [0.15, 0.2) is 0 Å². The first-order chi connectivity index (χ1) is 11.7. The summed E-state index contributed by atoms with van der Waals surface area (Å²) in [6.45, 7) is 8.34. The molecular formula is C17H24N4O3S. The van der Waals surface area contributed by atoms with Crippen molar-refractivity contribution in [2.24, 2.45) is 5.73 Å². The molecule has 0 aliphatic heterocycles. The summed E-state index contributed by atoms with van der Waals surface area (Å²) < 4.78 is 28.8. The predicted molar refractivity (Wildman–Crippen MR) is 95.9 cm³/mol. The number of carbonyl (C=O) groups is 1. The molecule has 0 saturated carbocycles. The van der Waals surface area contributed by atoms with E-state index in [1.165, 1.54) is 4.31 Å². The molecule has 0 fully saturated rings. The summed E-state index contributed by atoms with van der Waals surface area (Å²) in [6, 6.07) is 6.87. The Morgan fingerprint density at radius 2 is 1.72 bits per heavy atom. The van der Waals surface area contributed by atoms with E-state index in [2.05, 4.69) is 5.10 Å². The van der Waals surface area contributed by atoms with Crippen LogP contribution in [0.3, 0.4) is 0 Å². The minimum Gasteiger partial charge on any atom is -0.366 e. The van der Waals surface area contributed by atoms with Crippen molar-refractivity contribution in [3.05, 3.63) is 46.8 Å². The fourth-order valence-electron chi connectivity index (χ4n) is 2.85. The Hall–Kier alpha value is -2.19. The molecule has 0 unspecified atom stereocenters. The summed E-state index contributed by atoms with van der Waals surface area (Å²) in [5, 5.41) is 4.40. The number of rotatable bonds is 7. The summed E-state index contributed by atoms with van der Waals surface area (Å²) in [4.78, 5) is 11.4. The van der Waals surface area contributed by atoms with Gasteiger partial charge in [0.2, 0.25) is 15.9 Å². The number of primary amides is 1. The fraction of sp³-hybridized carbons (Fsp3) is 0.412. The number of nitrogens with two attached hydrogens (primary N) is 1. The molecule has 1 heterocycles. The number of aryl methyl sites for hydroxylation is 1. The zero-order chi connectivity index (χ0) is 18.8. The van der Waals surface area contributed by atoms with Crippen LogP contribution in [0.2, 0.25) is 0 Å². The van der Waals surface area contributed by atoms with E-state index in [1.807, 2.05) is 13.8 Å². The molecule has 0 bridgehead atoms. The second kappa shape index (κ2) is 7.37. The SMILES string of the molecule is CCN(CC)S(=O)(=O)c1c(C)nn(Cc2ccc(C(N)=O)cc2)c1C. The lowest BCUT2D eigenvalue weighted by Crippen LogP contribution is -2.31. The molecule has 0 spiro atoms. The number of hydrogen-bond donors (Lipinski definition) is 1. The van der Waals surface area contributed by atoms with Crippen molar-refractivity contribution in [2.75, 3.05) is 13.1 Å². The first kappa shape index (κ1) is 19.1. The van der Waals surface area contributed by atoms with Crippen molar-refractivity contribution in [3.8, 4) is 0 Å². The van der Waals surface area contributed by atoms with E-state index in [0.29, 0.717) is 36.6 Å². The zero-order valence-electron chi connectivity index (χ0n) is 15.0. The van der Waals surface area contributed by atoms with Gasteiger partial charge in [0, 0.05) is 18.7 Å². The average molecular weight is 364 g/mol. The van der Waals surface area contributed by atoms with Gasteiger partial charge in [-0.2, -0.15) is 9.40 Å². The standard InChI is InChI=1S/C17H24N4O3S/c1-5-20(6-2)25(23,24)16-12(3)19-21(13(16)4)11-14-7-9-15(10-8-14)17(18)22/h7-10H,5-6,11H2,1-4H3,(H2,18,22). The highest BCUT2D eigenvalue weighted by Gasteiger charge is 2.29. The number of aromatic nitrogens is 2. The van der Waals surface area contributed by atoms with Crippen LogP contribution in [0.4, 0.5) is 0 Å². The van der Waals surface area contributed by atoms with Crippen molar-refractivity contribution in [1.29, 1.82) is 0 Å². The van der Waals surface area contributed by atoms with Gasteiger partial charge in [0.1, 0.15) is 4.90 Å². The summed E-state index contributed by atoms with van der Waals surface area (Å²) >= 11 is 0. The molecule has 136 valence electrons. The molecule has 0 aliphatic rings. The first-order valence-corrected chi connectivity index (χ1v) is 9.59. The van der Waals surface area contributed by atoms with Crippen molar-refractivity contribution in [3.63, 3.8) is 0 Å². The molecule has 0 saturated heterocycles. The van der Waals surface area contributed by atoms with E-state index in [-0.39, 0.29) is 4.90 Å². The van der Waals surface area contributed by atoms with Gasteiger partial charge in [-0.25, -0.2) is 8.42 Å². The Kier molecular flexibility index (Phi) is 5.64. The molecule has 0 radical (unpaired) electrons. The van der Waals surface area contributed by atoms with Crippen molar-refractivity contribution in [2.45, 2.75) is 39.1 Å². The molecule has 2 aromatic rings. The monoisotopic (exact) mass is 364 g/mol. The third kappa shape index (κ3) is 3.74. The molecule has 25 heavy (non-hydrogen) atoms. The molecule has 8 heteroatoms. The number of hydrogen-bond acceptors (Lipinski definition) is 4. The van der Waals surface area contributed by atoms with Crippen LogP contribution in [0.15, 0.2) is 29.2 Å². The van der Waals surface area contributed by atoms with Crippen LogP contribution < -0.4 is 5.73 Å². The van der Waals surface area contributed by atoms with Gasteiger partial charge in [0.25, 0.3) is 0 Å². The Morgan fingerprint density at radius 3 is 2.20 bits per heavy atom. The Balaban J connectivity index is 2.38. The Morgan fingerprint density at radius 1 is 1.16 bits per heavy atom. The van der Waals surface area contributed by atoms with Crippen molar-refractivity contribution in [1.82, 2.24) is 14.1 Å². The van der Waals surface area contributed by atoms with Gasteiger partial charge in [0.05, 0.1) is 17.9 Å². The van der Waals surface area contributed by atoms with Gasteiger partial charge in [-0.05, 0) is 31.5 Å². The Labute approximate surface area is 148 Å². The zero-order valence-corrected chi connectivity index (χ0v) is 15.8. The third-order valence-corrected chi connectivity index (χ3v) is 6.49. The maximum Gasteiger partial charge on any atom is 0.248 e. The van der Waals surface area contributed by atoms with Crippen LogP contribution >= 0.6 is 0 Å². The smallest absolute Gasteiger partial charge is 0.248 e. The van der Waals surface area contributed by atoms with Crippen LogP contribution in [0.1, 0.15) is 41.2 Å². The van der Waals surface area contributed by atoms with Crippen LogP contribution in [0, 0.1) is 13.8 Å². The minimum atomic E-state index is -3.56. The fourth-order valence-corrected chi connectivity index (χ4v) is 4.68. The summed E-state index contributed by atoms with van der Waals surface area (Å²) in [7, 11) is -3.56. The lowest BCUT2D eigenvalue weighted by molar-refractivity contribution is 0.100. The molecule has 7 nitrogen and oxygen atoms in total. The number of benzene rings is 1. The molecule has 1 aromatic carbocycles. The highest BCUT2D eigenvalue weighted by Crippen LogP contribution is 2.24. The molecule has 1 aromatic heterocycles. The lowest BCUT2D eigenvalue weighted by Gasteiger charge is -2.18. The van der Waals surface area contributed by atoms with Crippen molar-refractivity contribution < 1.29 is 13.2 Å². The first-order valence-electron chi connectivity index (χ1n) is 8.15. The molecular weight excluding hydrogens is 340 g/mol. The summed E-state index contributed by atoms with van der Waals surface area (Å²) in [5.41, 5.74) is 7.66. The quantitative estimate of drug-likeness (QED) is 0.808. The third-order valence-electron chi connectivity index (χ3n) is 4.19. The Bertz CT molecular complexity index is 866. The van der Waals surface area contributed by atoms with Gasteiger partial charge in [-0.15, -0.1) is 0 Å². The number of sulfonamides is 1. The minimum absolute atomic E-state index is 0.268. The summed E-state index contributed by atoms with van der Waals surface area (Å²) in [5.74, 6) is -0.481. The predicted octanol–water partition coefficient (Wildman–Crippen LogP) is 1.68. The molecule has 2 rings (SSSR count). The van der Waals surface area contributed by atoms with Crippen LogP contribution in [-0.2, 0) is 16.6 Å². The maximum atomic E-state index is 12.8. The van der Waals surface area contributed by atoms with E-state index in [9.17, 15) is 13.2 Å². The van der Waals surface area contributed by atoms with E-state index < -0.39 is 15.9 Å².